The second-order valence-electron chi connectivity index (χ2n) is 6.50. The number of alkyl halides is 3. The summed E-state index contributed by atoms with van der Waals surface area (Å²) in [6.07, 6.45) is 3.33. The predicted octanol–water partition coefficient (Wildman–Crippen LogP) is 6.55. The number of hydrogen-bond acceptors (Lipinski definition) is 3. The molecule has 0 aliphatic heterocycles. The van der Waals surface area contributed by atoms with Crippen LogP contribution in [0.4, 0.5) is 13.2 Å². The van der Waals surface area contributed by atoms with Gasteiger partial charge in [0, 0.05) is 12.8 Å². The fourth-order valence-electron chi connectivity index (χ4n) is 2.58. The Kier molecular flexibility index (Phi) is 8.85. The molecule has 0 fully saturated rings. The van der Waals surface area contributed by atoms with Crippen LogP contribution in [-0.2, 0) is 6.61 Å². The first kappa shape index (κ1) is 21.8. The lowest BCUT2D eigenvalue weighted by Crippen LogP contribution is -2.17. The topological polar surface area (TPSA) is 30.8 Å². The van der Waals surface area contributed by atoms with Crippen molar-refractivity contribution in [2.75, 3.05) is 6.54 Å². The van der Waals surface area contributed by atoms with Crippen molar-refractivity contribution in [2.24, 2.45) is 4.99 Å². The summed E-state index contributed by atoms with van der Waals surface area (Å²) in [7, 11) is 0. The third-order valence-electron chi connectivity index (χ3n) is 4.07. The van der Waals surface area contributed by atoms with Crippen LogP contribution in [0.5, 0.6) is 11.5 Å². The van der Waals surface area contributed by atoms with Crippen LogP contribution in [0.15, 0.2) is 53.5 Å². The van der Waals surface area contributed by atoms with E-state index in [9.17, 15) is 13.2 Å². The number of aliphatic imine (C=N–C) groups is 1. The average molecular weight is 393 g/mol. The van der Waals surface area contributed by atoms with Gasteiger partial charge >= 0.3 is 6.36 Å². The Morgan fingerprint density at radius 2 is 1.50 bits per heavy atom. The number of unbranched alkanes of at least 4 members (excludes halogenated alkanes) is 4. The molecule has 0 N–H and O–H groups in total. The summed E-state index contributed by atoms with van der Waals surface area (Å²) in [5.74, 6) is 0.442. The lowest BCUT2D eigenvalue weighted by molar-refractivity contribution is -0.274. The van der Waals surface area contributed by atoms with E-state index in [2.05, 4.69) is 16.7 Å². The van der Waals surface area contributed by atoms with Gasteiger partial charge in [0.1, 0.15) is 18.1 Å². The van der Waals surface area contributed by atoms with E-state index in [-0.39, 0.29) is 12.4 Å². The van der Waals surface area contributed by atoms with Crippen LogP contribution in [0.2, 0.25) is 0 Å². The van der Waals surface area contributed by atoms with E-state index >= 15 is 0 Å². The van der Waals surface area contributed by atoms with Crippen LogP contribution >= 0.6 is 0 Å². The van der Waals surface area contributed by atoms with Gasteiger partial charge in [0.15, 0.2) is 0 Å². The molecule has 0 atom stereocenters. The standard InChI is InChI=1S/C22H26F3NO2/c1-2-3-4-5-6-15-26-16-18-7-11-20(12-8-18)27-17-19-9-13-21(14-10-19)28-22(23,24)25/h7-14,16H,2-6,15,17H2,1H3/b26-16+. The van der Waals surface area contributed by atoms with Crippen LogP contribution in [-0.4, -0.2) is 19.1 Å². The highest BCUT2D eigenvalue weighted by molar-refractivity contribution is 5.79. The minimum atomic E-state index is -4.68. The zero-order valence-electron chi connectivity index (χ0n) is 16.0. The van der Waals surface area contributed by atoms with E-state index in [4.69, 9.17) is 4.74 Å². The Hall–Kier alpha value is -2.50. The highest BCUT2D eigenvalue weighted by Gasteiger charge is 2.30. The summed E-state index contributed by atoms with van der Waals surface area (Å²) in [6.45, 7) is 3.31. The molecule has 0 saturated carbocycles. The molecule has 0 aliphatic rings. The van der Waals surface area contributed by atoms with E-state index in [1.165, 1.54) is 37.8 Å². The molecule has 0 heterocycles. The molecule has 0 aromatic heterocycles. The van der Waals surface area contributed by atoms with Crippen molar-refractivity contribution < 1.29 is 22.6 Å². The van der Waals surface area contributed by atoms with Crippen molar-refractivity contribution >= 4 is 6.21 Å². The van der Waals surface area contributed by atoms with Gasteiger partial charge in [-0.05, 0) is 53.9 Å². The lowest BCUT2D eigenvalue weighted by Gasteiger charge is -2.10. The van der Waals surface area contributed by atoms with Crippen LogP contribution < -0.4 is 9.47 Å². The molecule has 152 valence electrons. The van der Waals surface area contributed by atoms with Gasteiger partial charge in [0.25, 0.3) is 0 Å². The summed E-state index contributed by atoms with van der Waals surface area (Å²) >= 11 is 0. The maximum Gasteiger partial charge on any atom is 0.573 e. The van der Waals surface area contributed by atoms with E-state index < -0.39 is 6.36 Å². The van der Waals surface area contributed by atoms with Crippen molar-refractivity contribution in [1.82, 2.24) is 0 Å². The summed E-state index contributed by atoms with van der Waals surface area (Å²) in [5.41, 5.74) is 1.76. The second-order valence-corrected chi connectivity index (χ2v) is 6.50. The third kappa shape index (κ3) is 8.93. The normalized spacial score (nSPS) is 11.7. The van der Waals surface area contributed by atoms with Crippen LogP contribution in [0.1, 0.15) is 50.2 Å². The first-order valence-electron chi connectivity index (χ1n) is 9.53. The second kappa shape index (κ2) is 11.4. The van der Waals surface area contributed by atoms with Gasteiger partial charge in [0.2, 0.25) is 0 Å². The highest BCUT2D eigenvalue weighted by Crippen LogP contribution is 2.23. The first-order valence-corrected chi connectivity index (χ1v) is 9.53. The molecular weight excluding hydrogens is 367 g/mol. The molecule has 2 aromatic rings. The molecular formula is C22H26F3NO2. The monoisotopic (exact) mass is 393 g/mol. The first-order chi connectivity index (χ1) is 13.5. The molecule has 2 rings (SSSR count). The molecule has 0 saturated heterocycles. The minimum Gasteiger partial charge on any atom is -0.489 e. The number of rotatable bonds is 11. The number of benzene rings is 2. The third-order valence-corrected chi connectivity index (χ3v) is 4.07. The van der Waals surface area contributed by atoms with Gasteiger partial charge < -0.3 is 9.47 Å². The molecule has 0 spiro atoms. The van der Waals surface area contributed by atoms with Crippen LogP contribution in [0.25, 0.3) is 0 Å². The van der Waals surface area contributed by atoms with Crippen LogP contribution in [0.3, 0.4) is 0 Å². The molecule has 0 radical (unpaired) electrons. The van der Waals surface area contributed by atoms with Gasteiger partial charge in [-0.15, -0.1) is 13.2 Å². The van der Waals surface area contributed by atoms with Gasteiger partial charge in [-0.25, -0.2) is 0 Å². The Balaban J connectivity index is 1.73. The molecule has 0 aliphatic carbocycles. The van der Waals surface area contributed by atoms with Crippen molar-refractivity contribution in [3.63, 3.8) is 0 Å². The van der Waals surface area contributed by atoms with Gasteiger partial charge in [-0.1, -0.05) is 44.7 Å². The molecule has 3 nitrogen and oxygen atoms in total. The quantitative estimate of drug-likeness (QED) is 0.320. The van der Waals surface area contributed by atoms with Crippen LogP contribution in [0, 0.1) is 0 Å². The molecule has 0 amide bonds. The number of nitrogens with zero attached hydrogens (tertiary/aromatic N) is 1. The largest absolute Gasteiger partial charge is 0.573 e. The summed E-state index contributed by atoms with van der Waals surface area (Å²) in [6, 6.07) is 13.2. The van der Waals surface area contributed by atoms with Gasteiger partial charge in [-0.3, -0.25) is 4.99 Å². The molecule has 0 unspecified atom stereocenters. The van der Waals surface area contributed by atoms with Crippen molar-refractivity contribution in [2.45, 2.75) is 52.0 Å². The maximum atomic E-state index is 12.1. The molecule has 2 aromatic carbocycles. The fraction of sp³-hybridized carbons (Fsp3) is 0.409. The highest BCUT2D eigenvalue weighted by atomic mass is 19.4. The summed E-state index contributed by atoms with van der Waals surface area (Å²) in [5, 5.41) is 0. The molecule has 0 bridgehead atoms. The van der Waals surface area contributed by atoms with Gasteiger partial charge in [-0.2, -0.15) is 0 Å². The molecule has 6 heteroatoms. The minimum absolute atomic E-state index is 0.245. The summed E-state index contributed by atoms with van der Waals surface area (Å²) < 4.78 is 46.0. The Morgan fingerprint density at radius 1 is 0.857 bits per heavy atom. The Labute approximate surface area is 164 Å². The zero-order chi connectivity index (χ0) is 20.2. The maximum absolute atomic E-state index is 12.1. The van der Waals surface area contributed by atoms with Gasteiger partial charge in [0.05, 0.1) is 0 Å². The SMILES string of the molecule is CCCCCCC/N=C/c1ccc(OCc2ccc(OC(F)(F)F)cc2)cc1. The molecule has 28 heavy (non-hydrogen) atoms. The Bertz CT molecular complexity index is 710. The van der Waals surface area contributed by atoms with E-state index in [0.29, 0.717) is 5.75 Å². The van der Waals surface area contributed by atoms with Crippen molar-refractivity contribution in [3.05, 3.63) is 59.7 Å². The predicted molar refractivity (Wildman–Crippen MR) is 105 cm³/mol. The summed E-state index contributed by atoms with van der Waals surface area (Å²) in [4.78, 5) is 4.44. The van der Waals surface area contributed by atoms with E-state index in [0.717, 1.165) is 24.1 Å². The van der Waals surface area contributed by atoms with Crippen molar-refractivity contribution in [3.8, 4) is 11.5 Å². The zero-order valence-corrected chi connectivity index (χ0v) is 16.0. The fourth-order valence-corrected chi connectivity index (χ4v) is 2.58. The number of ether oxygens (including phenoxy) is 2. The van der Waals surface area contributed by atoms with E-state index in [1.54, 1.807) is 12.1 Å². The van der Waals surface area contributed by atoms with Crippen molar-refractivity contribution in [1.29, 1.82) is 0 Å². The number of hydrogen-bond donors (Lipinski definition) is 0. The van der Waals surface area contributed by atoms with E-state index in [1.807, 2.05) is 30.5 Å². The number of halogens is 3. The lowest BCUT2D eigenvalue weighted by atomic mass is 10.1. The average Bonchev–Trinajstić information content (AvgIpc) is 2.66. The smallest absolute Gasteiger partial charge is 0.489 e. The Morgan fingerprint density at radius 3 is 2.14 bits per heavy atom.